The van der Waals surface area contributed by atoms with Gasteiger partial charge in [0.2, 0.25) is 0 Å². The number of imidazole rings is 1. The largest absolute Gasteiger partial charge is 0.497 e. The van der Waals surface area contributed by atoms with Gasteiger partial charge >= 0.3 is 0 Å². The molecule has 1 aromatic heterocycles. The molecular weight excluding hydrogens is 388 g/mol. The topological polar surface area (TPSA) is 45.5 Å². The van der Waals surface area contributed by atoms with Gasteiger partial charge in [0.1, 0.15) is 23.1 Å². The molecule has 0 atom stereocenters. The van der Waals surface area contributed by atoms with E-state index in [2.05, 4.69) is 34.9 Å². The lowest BCUT2D eigenvalue weighted by atomic mass is 10.1. The van der Waals surface area contributed by atoms with E-state index in [0.717, 1.165) is 54.4 Å². The number of methoxy groups -OCH3 is 2. The molecule has 0 unspecified atom stereocenters. The number of ether oxygens (including phenoxy) is 3. The summed E-state index contributed by atoms with van der Waals surface area (Å²) < 4.78 is 18.7. The summed E-state index contributed by atoms with van der Waals surface area (Å²) >= 11 is 0. The molecule has 4 rings (SSSR count). The quantitative estimate of drug-likeness (QED) is 0.320. The summed E-state index contributed by atoms with van der Waals surface area (Å²) in [7, 11) is 3.35. The summed E-state index contributed by atoms with van der Waals surface area (Å²) in [6.45, 7) is 1.58. The van der Waals surface area contributed by atoms with Crippen LogP contribution in [0, 0.1) is 0 Å². The van der Waals surface area contributed by atoms with E-state index in [9.17, 15) is 0 Å². The first-order valence-corrected chi connectivity index (χ1v) is 10.6. The fourth-order valence-electron chi connectivity index (χ4n) is 3.69. The molecule has 1 heterocycles. The number of aromatic nitrogens is 2. The average Bonchev–Trinajstić information content (AvgIpc) is 3.16. The minimum absolute atomic E-state index is 0.674. The Balaban J connectivity index is 1.40. The Labute approximate surface area is 183 Å². The van der Waals surface area contributed by atoms with E-state index < -0.39 is 0 Å². The van der Waals surface area contributed by atoms with Gasteiger partial charge in [0.05, 0.1) is 31.9 Å². The van der Waals surface area contributed by atoms with Crippen molar-refractivity contribution < 1.29 is 14.2 Å². The zero-order valence-corrected chi connectivity index (χ0v) is 18.1. The molecule has 0 saturated carbocycles. The molecule has 31 heavy (non-hydrogen) atoms. The molecule has 3 aromatic carbocycles. The van der Waals surface area contributed by atoms with E-state index >= 15 is 0 Å². The van der Waals surface area contributed by atoms with Crippen molar-refractivity contribution in [1.82, 2.24) is 9.55 Å². The van der Waals surface area contributed by atoms with Gasteiger partial charge in [0.15, 0.2) is 0 Å². The Kier molecular flexibility index (Phi) is 6.72. The predicted octanol–water partition coefficient (Wildman–Crippen LogP) is 5.50. The van der Waals surface area contributed by atoms with Gasteiger partial charge in [-0.25, -0.2) is 4.98 Å². The van der Waals surface area contributed by atoms with Crippen LogP contribution in [0.2, 0.25) is 0 Å². The van der Waals surface area contributed by atoms with E-state index in [1.54, 1.807) is 14.2 Å². The first-order chi connectivity index (χ1) is 15.3. The minimum Gasteiger partial charge on any atom is -0.497 e. The summed E-state index contributed by atoms with van der Waals surface area (Å²) in [4.78, 5) is 4.90. The van der Waals surface area contributed by atoms with Crippen LogP contribution in [0.1, 0.15) is 24.2 Å². The first-order valence-electron chi connectivity index (χ1n) is 10.6. The maximum Gasteiger partial charge on any atom is 0.122 e. The fourth-order valence-corrected chi connectivity index (χ4v) is 3.69. The number of hydrogen-bond acceptors (Lipinski definition) is 4. The van der Waals surface area contributed by atoms with Gasteiger partial charge in [-0.15, -0.1) is 0 Å². The Hall–Kier alpha value is -3.47. The van der Waals surface area contributed by atoms with Crippen LogP contribution >= 0.6 is 0 Å². The van der Waals surface area contributed by atoms with Crippen LogP contribution < -0.4 is 14.2 Å². The Bertz CT molecular complexity index is 1120. The third kappa shape index (κ3) is 5.18. The molecule has 160 valence electrons. The number of unbranched alkanes of at least 4 members (excludes halogenated alkanes) is 1. The van der Waals surface area contributed by atoms with Crippen molar-refractivity contribution >= 4 is 11.0 Å². The van der Waals surface area contributed by atoms with Gasteiger partial charge < -0.3 is 18.8 Å². The lowest BCUT2D eigenvalue weighted by Crippen LogP contribution is -2.07. The summed E-state index contributed by atoms with van der Waals surface area (Å²) in [5.74, 6) is 3.60. The van der Waals surface area contributed by atoms with Crippen molar-refractivity contribution in [3.05, 3.63) is 84.2 Å². The zero-order valence-electron chi connectivity index (χ0n) is 18.1. The Morgan fingerprint density at radius 3 is 2.35 bits per heavy atom. The molecule has 0 aliphatic rings. The number of rotatable bonds is 10. The molecular formula is C26H28N2O3. The molecule has 5 heteroatoms. The number of para-hydroxylation sites is 2. The van der Waals surface area contributed by atoms with Crippen LogP contribution in [0.3, 0.4) is 0 Å². The highest BCUT2D eigenvalue weighted by molar-refractivity contribution is 5.76. The Morgan fingerprint density at radius 1 is 0.774 bits per heavy atom. The monoisotopic (exact) mass is 416 g/mol. The lowest BCUT2D eigenvalue weighted by Gasteiger charge is -2.11. The molecule has 0 aliphatic heterocycles. The molecule has 0 N–H and O–H groups in total. The molecule has 0 saturated heterocycles. The molecule has 0 spiro atoms. The van der Waals surface area contributed by atoms with Crippen LogP contribution in [0.25, 0.3) is 11.0 Å². The number of benzene rings is 3. The molecule has 5 nitrogen and oxygen atoms in total. The maximum absolute atomic E-state index is 5.89. The van der Waals surface area contributed by atoms with Crippen molar-refractivity contribution in [2.75, 3.05) is 20.8 Å². The van der Waals surface area contributed by atoms with Crippen molar-refractivity contribution in [3.8, 4) is 17.2 Å². The predicted molar refractivity (Wildman–Crippen MR) is 123 cm³/mol. The lowest BCUT2D eigenvalue weighted by molar-refractivity contribution is 0.301. The standard InChI is InChI=1S/C26H28N2O3/c1-29-21-14-12-20(13-15-21)18-26-27-24-10-3-4-11-25(24)28(26)16-5-6-17-31-23-9-7-8-22(19-23)30-2/h3-4,7-15,19H,5-6,16-18H2,1-2H3. The van der Waals surface area contributed by atoms with Gasteiger partial charge in [0, 0.05) is 19.0 Å². The van der Waals surface area contributed by atoms with Crippen LogP contribution in [-0.2, 0) is 13.0 Å². The molecule has 0 bridgehead atoms. The minimum atomic E-state index is 0.674. The summed E-state index contributed by atoms with van der Waals surface area (Å²) in [6.07, 6.45) is 2.77. The third-order valence-corrected chi connectivity index (χ3v) is 5.34. The second-order valence-electron chi connectivity index (χ2n) is 7.43. The van der Waals surface area contributed by atoms with Crippen LogP contribution in [-0.4, -0.2) is 30.4 Å². The summed E-state index contributed by atoms with van der Waals surface area (Å²) in [5.41, 5.74) is 3.44. The van der Waals surface area contributed by atoms with Crippen molar-refractivity contribution in [3.63, 3.8) is 0 Å². The van der Waals surface area contributed by atoms with Gasteiger partial charge in [0.25, 0.3) is 0 Å². The van der Waals surface area contributed by atoms with E-state index in [4.69, 9.17) is 19.2 Å². The smallest absolute Gasteiger partial charge is 0.122 e. The van der Waals surface area contributed by atoms with Gasteiger partial charge in [-0.05, 0) is 54.8 Å². The van der Waals surface area contributed by atoms with E-state index in [-0.39, 0.29) is 0 Å². The van der Waals surface area contributed by atoms with E-state index in [1.807, 2.05) is 42.5 Å². The number of aryl methyl sites for hydroxylation is 1. The summed E-state index contributed by atoms with van der Waals surface area (Å²) in [6, 6.07) is 24.3. The maximum atomic E-state index is 5.89. The van der Waals surface area contributed by atoms with Crippen LogP contribution in [0.4, 0.5) is 0 Å². The normalized spacial score (nSPS) is 10.9. The SMILES string of the molecule is COc1ccc(Cc2nc3ccccc3n2CCCCOc2cccc(OC)c2)cc1. The molecule has 0 radical (unpaired) electrons. The molecule has 0 amide bonds. The highest BCUT2D eigenvalue weighted by atomic mass is 16.5. The van der Waals surface area contributed by atoms with Crippen molar-refractivity contribution in [2.24, 2.45) is 0 Å². The van der Waals surface area contributed by atoms with Gasteiger partial charge in [-0.2, -0.15) is 0 Å². The van der Waals surface area contributed by atoms with E-state index in [1.165, 1.54) is 11.1 Å². The highest BCUT2D eigenvalue weighted by Crippen LogP contribution is 2.22. The number of fused-ring (bicyclic) bond motifs is 1. The summed E-state index contributed by atoms with van der Waals surface area (Å²) in [5, 5.41) is 0. The highest BCUT2D eigenvalue weighted by Gasteiger charge is 2.11. The Morgan fingerprint density at radius 2 is 1.55 bits per heavy atom. The van der Waals surface area contributed by atoms with Crippen LogP contribution in [0.5, 0.6) is 17.2 Å². The molecule has 4 aromatic rings. The molecule has 0 fully saturated rings. The second-order valence-corrected chi connectivity index (χ2v) is 7.43. The second kappa shape index (κ2) is 10.0. The van der Waals surface area contributed by atoms with E-state index in [0.29, 0.717) is 6.61 Å². The fraction of sp³-hybridized carbons (Fsp3) is 0.269. The van der Waals surface area contributed by atoms with Gasteiger partial charge in [-0.1, -0.05) is 30.3 Å². The number of nitrogens with zero attached hydrogens (tertiary/aromatic N) is 2. The zero-order chi connectivity index (χ0) is 21.5. The van der Waals surface area contributed by atoms with Crippen LogP contribution in [0.15, 0.2) is 72.8 Å². The third-order valence-electron chi connectivity index (χ3n) is 5.34. The first kappa shape index (κ1) is 20.8. The van der Waals surface area contributed by atoms with Crippen molar-refractivity contribution in [1.29, 1.82) is 0 Å². The average molecular weight is 417 g/mol. The molecule has 0 aliphatic carbocycles. The van der Waals surface area contributed by atoms with Gasteiger partial charge in [-0.3, -0.25) is 0 Å². The number of hydrogen-bond donors (Lipinski definition) is 0. The van der Waals surface area contributed by atoms with Crippen molar-refractivity contribution in [2.45, 2.75) is 25.8 Å².